The number of carbonyl (C=O) groups excluding carboxylic acids is 1. The van der Waals surface area contributed by atoms with Crippen molar-refractivity contribution in [3.05, 3.63) is 58.9 Å². The lowest BCUT2D eigenvalue weighted by atomic mass is 10.1. The van der Waals surface area contributed by atoms with E-state index in [0.29, 0.717) is 11.4 Å². The minimum absolute atomic E-state index is 0.112. The molecule has 0 atom stereocenters. The van der Waals surface area contributed by atoms with E-state index in [1.54, 1.807) is 6.07 Å². The highest BCUT2D eigenvalue weighted by atomic mass is 32.2. The molecule has 2 nitrogen and oxygen atoms in total. The largest absolute Gasteiger partial charge is 0.325 e. The molecule has 0 aliphatic heterocycles. The van der Waals surface area contributed by atoms with Crippen LogP contribution in [-0.4, -0.2) is 11.7 Å². The van der Waals surface area contributed by atoms with Gasteiger partial charge in [0.05, 0.1) is 5.75 Å². The average molecular weight is 315 g/mol. The lowest BCUT2D eigenvalue weighted by Gasteiger charge is -2.09. The average Bonchev–Trinajstić information content (AvgIpc) is 2.96. The van der Waals surface area contributed by atoms with Gasteiger partial charge in [-0.05, 0) is 67.1 Å². The van der Waals surface area contributed by atoms with Crippen LogP contribution in [0.1, 0.15) is 23.1 Å². The van der Waals surface area contributed by atoms with Crippen LogP contribution >= 0.6 is 11.8 Å². The van der Waals surface area contributed by atoms with Crippen LogP contribution in [0.5, 0.6) is 0 Å². The Morgan fingerprint density at radius 2 is 2.00 bits per heavy atom. The number of rotatable bonds is 4. The quantitative estimate of drug-likeness (QED) is 0.850. The van der Waals surface area contributed by atoms with Gasteiger partial charge in [-0.3, -0.25) is 4.79 Å². The van der Waals surface area contributed by atoms with E-state index in [-0.39, 0.29) is 11.7 Å². The maximum absolute atomic E-state index is 13.2. The van der Waals surface area contributed by atoms with Crippen LogP contribution in [0, 0.1) is 12.7 Å². The molecule has 1 aliphatic carbocycles. The molecule has 0 unspecified atom stereocenters. The maximum Gasteiger partial charge on any atom is 0.234 e. The van der Waals surface area contributed by atoms with Crippen LogP contribution in [0.4, 0.5) is 10.1 Å². The number of thioether (sulfide) groups is 1. The van der Waals surface area contributed by atoms with E-state index in [9.17, 15) is 9.18 Å². The summed E-state index contributed by atoms with van der Waals surface area (Å²) >= 11 is 1.52. The number of anilines is 1. The number of amides is 1. The van der Waals surface area contributed by atoms with Crippen molar-refractivity contribution >= 4 is 23.4 Å². The minimum atomic E-state index is -0.341. The Bertz CT molecular complexity index is 714. The van der Waals surface area contributed by atoms with Crippen molar-refractivity contribution in [2.45, 2.75) is 31.1 Å². The SMILES string of the molecule is Cc1ccc(F)cc1NC(=O)CSc1ccc2c(c1)CCC2. The molecular weight excluding hydrogens is 297 g/mol. The summed E-state index contributed by atoms with van der Waals surface area (Å²) in [4.78, 5) is 13.1. The van der Waals surface area contributed by atoms with Crippen molar-refractivity contribution in [3.8, 4) is 0 Å². The molecule has 0 fully saturated rings. The van der Waals surface area contributed by atoms with Crippen molar-refractivity contribution in [2.24, 2.45) is 0 Å². The molecule has 0 saturated heterocycles. The standard InChI is InChI=1S/C18H18FNOS/c1-12-5-7-15(19)10-17(12)20-18(21)11-22-16-8-6-13-3-2-4-14(13)9-16/h5-10H,2-4,11H2,1H3,(H,20,21). The Labute approximate surface area is 134 Å². The molecule has 2 aromatic carbocycles. The van der Waals surface area contributed by atoms with Gasteiger partial charge in [-0.1, -0.05) is 12.1 Å². The topological polar surface area (TPSA) is 29.1 Å². The summed E-state index contributed by atoms with van der Waals surface area (Å²) in [6.07, 6.45) is 3.53. The molecule has 0 radical (unpaired) electrons. The van der Waals surface area contributed by atoms with Crippen LogP contribution in [0.25, 0.3) is 0 Å². The van der Waals surface area contributed by atoms with Gasteiger partial charge in [0.15, 0.2) is 0 Å². The van der Waals surface area contributed by atoms with Crippen LogP contribution in [0.2, 0.25) is 0 Å². The molecule has 0 saturated carbocycles. The smallest absolute Gasteiger partial charge is 0.234 e. The molecule has 1 aliphatic rings. The van der Waals surface area contributed by atoms with E-state index in [1.807, 2.05) is 6.92 Å². The normalized spacial score (nSPS) is 13.0. The van der Waals surface area contributed by atoms with Gasteiger partial charge in [0.2, 0.25) is 5.91 Å². The Hall–Kier alpha value is -1.81. The van der Waals surface area contributed by atoms with E-state index in [1.165, 1.54) is 47.9 Å². The minimum Gasteiger partial charge on any atom is -0.325 e. The Kier molecular flexibility index (Phi) is 4.48. The fourth-order valence-electron chi connectivity index (χ4n) is 2.70. The van der Waals surface area contributed by atoms with Crippen LogP contribution in [-0.2, 0) is 17.6 Å². The highest BCUT2D eigenvalue weighted by Gasteiger charge is 2.12. The fraction of sp³-hybridized carbons (Fsp3) is 0.278. The second kappa shape index (κ2) is 6.53. The summed E-state index contributed by atoms with van der Waals surface area (Å²) in [5.74, 6) is -0.124. The molecular formula is C18H18FNOS. The van der Waals surface area contributed by atoms with Crippen molar-refractivity contribution in [1.29, 1.82) is 0 Å². The fourth-order valence-corrected chi connectivity index (χ4v) is 3.46. The van der Waals surface area contributed by atoms with Crippen molar-refractivity contribution in [2.75, 3.05) is 11.1 Å². The third kappa shape index (κ3) is 3.50. The molecule has 114 valence electrons. The molecule has 0 heterocycles. The first-order valence-electron chi connectivity index (χ1n) is 7.42. The zero-order chi connectivity index (χ0) is 15.5. The summed E-state index contributed by atoms with van der Waals surface area (Å²) in [7, 11) is 0. The van der Waals surface area contributed by atoms with Crippen molar-refractivity contribution < 1.29 is 9.18 Å². The zero-order valence-electron chi connectivity index (χ0n) is 12.5. The van der Waals surface area contributed by atoms with Crippen LogP contribution in [0.15, 0.2) is 41.3 Å². The first-order chi connectivity index (χ1) is 10.6. The summed E-state index contributed by atoms with van der Waals surface area (Å²) < 4.78 is 13.2. The number of benzene rings is 2. The molecule has 1 N–H and O–H groups in total. The van der Waals surface area contributed by atoms with Gasteiger partial charge in [0, 0.05) is 10.6 Å². The van der Waals surface area contributed by atoms with Gasteiger partial charge in [-0.25, -0.2) is 4.39 Å². The predicted octanol–water partition coefficient (Wildman–Crippen LogP) is 4.35. The van der Waals surface area contributed by atoms with Gasteiger partial charge < -0.3 is 5.32 Å². The van der Waals surface area contributed by atoms with Gasteiger partial charge in [-0.2, -0.15) is 0 Å². The van der Waals surface area contributed by atoms with Crippen LogP contribution in [0.3, 0.4) is 0 Å². The molecule has 3 rings (SSSR count). The number of halogens is 1. The lowest BCUT2D eigenvalue weighted by molar-refractivity contribution is -0.113. The summed E-state index contributed by atoms with van der Waals surface area (Å²) in [5, 5.41) is 2.77. The van der Waals surface area contributed by atoms with Crippen molar-refractivity contribution in [1.82, 2.24) is 0 Å². The first kappa shape index (κ1) is 15.1. The first-order valence-corrected chi connectivity index (χ1v) is 8.41. The Balaban J connectivity index is 1.59. The van der Waals surface area contributed by atoms with E-state index >= 15 is 0 Å². The monoisotopic (exact) mass is 315 g/mol. The highest BCUT2D eigenvalue weighted by Crippen LogP contribution is 2.27. The third-order valence-electron chi connectivity index (χ3n) is 3.91. The van der Waals surface area contributed by atoms with Gasteiger partial charge >= 0.3 is 0 Å². The third-order valence-corrected chi connectivity index (χ3v) is 4.91. The number of carbonyl (C=O) groups is 1. The number of hydrogen-bond donors (Lipinski definition) is 1. The number of hydrogen-bond acceptors (Lipinski definition) is 2. The Morgan fingerprint density at radius 3 is 2.86 bits per heavy atom. The van der Waals surface area contributed by atoms with Gasteiger partial charge in [0.1, 0.15) is 5.82 Å². The van der Waals surface area contributed by atoms with Crippen LogP contribution < -0.4 is 5.32 Å². The summed E-state index contributed by atoms with van der Waals surface area (Å²) in [5.41, 5.74) is 4.24. The van der Waals surface area contributed by atoms with Gasteiger partial charge in [0.25, 0.3) is 0 Å². The lowest BCUT2D eigenvalue weighted by Crippen LogP contribution is -2.15. The van der Waals surface area contributed by atoms with E-state index in [2.05, 4.69) is 23.5 Å². The number of nitrogens with one attached hydrogen (secondary N) is 1. The van der Waals surface area contributed by atoms with E-state index < -0.39 is 0 Å². The second-order valence-electron chi connectivity index (χ2n) is 5.58. The number of aryl methyl sites for hydroxylation is 3. The predicted molar refractivity (Wildman–Crippen MR) is 89.0 cm³/mol. The molecule has 4 heteroatoms. The van der Waals surface area contributed by atoms with E-state index in [4.69, 9.17) is 0 Å². The molecule has 1 amide bonds. The van der Waals surface area contributed by atoms with Crippen molar-refractivity contribution in [3.63, 3.8) is 0 Å². The number of fused-ring (bicyclic) bond motifs is 1. The molecule has 0 aromatic heterocycles. The van der Waals surface area contributed by atoms with Gasteiger partial charge in [-0.15, -0.1) is 11.8 Å². The maximum atomic E-state index is 13.2. The molecule has 0 bridgehead atoms. The highest BCUT2D eigenvalue weighted by molar-refractivity contribution is 8.00. The van der Waals surface area contributed by atoms with E-state index in [0.717, 1.165) is 16.9 Å². The molecule has 2 aromatic rings. The Morgan fingerprint density at radius 1 is 1.18 bits per heavy atom. The second-order valence-corrected chi connectivity index (χ2v) is 6.63. The summed E-state index contributed by atoms with van der Waals surface area (Å²) in [6.45, 7) is 1.85. The molecule has 22 heavy (non-hydrogen) atoms. The zero-order valence-corrected chi connectivity index (χ0v) is 13.3. The molecule has 0 spiro atoms. The summed E-state index contributed by atoms with van der Waals surface area (Å²) in [6, 6.07) is 10.8.